The van der Waals surface area contributed by atoms with E-state index < -0.39 is 36.1 Å². The Hall–Kier alpha value is -3.35. The Bertz CT molecular complexity index is 1030. The molecule has 0 radical (unpaired) electrons. The SMILES string of the molecule is [2H]C([2H])(OC(=O)c1ccc(C)cc1C)c1ccc(C(CNC(=O)OC(C)(C)C)C(=O)O)cc1. The van der Waals surface area contributed by atoms with E-state index in [9.17, 15) is 19.5 Å². The average Bonchev–Trinajstić information content (AvgIpc) is 2.66. The van der Waals surface area contributed by atoms with Crippen molar-refractivity contribution < 1.29 is 31.7 Å². The van der Waals surface area contributed by atoms with Gasteiger partial charge in [-0.2, -0.15) is 0 Å². The van der Waals surface area contributed by atoms with Gasteiger partial charge >= 0.3 is 18.0 Å². The molecule has 0 spiro atoms. The monoisotopic (exact) mass is 429 g/mol. The van der Waals surface area contributed by atoms with Gasteiger partial charge in [-0.25, -0.2) is 9.59 Å². The largest absolute Gasteiger partial charge is 0.481 e. The van der Waals surface area contributed by atoms with Gasteiger partial charge in [0.15, 0.2) is 0 Å². The van der Waals surface area contributed by atoms with Gasteiger partial charge in [0, 0.05) is 6.54 Å². The van der Waals surface area contributed by atoms with Gasteiger partial charge in [-0.15, -0.1) is 0 Å². The first-order valence-electron chi connectivity index (χ1n) is 10.8. The molecule has 7 heteroatoms. The zero-order valence-corrected chi connectivity index (χ0v) is 18.3. The van der Waals surface area contributed by atoms with Gasteiger partial charge in [-0.05, 0) is 57.4 Å². The molecule has 0 saturated heterocycles. The summed E-state index contributed by atoms with van der Waals surface area (Å²) in [6.07, 6.45) is -0.736. The van der Waals surface area contributed by atoms with Crippen LogP contribution in [0.3, 0.4) is 0 Å². The fourth-order valence-electron chi connectivity index (χ4n) is 2.83. The van der Waals surface area contributed by atoms with Crippen LogP contribution in [0.2, 0.25) is 0 Å². The van der Waals surface area contributed by atoms with E-state index in [2.05, 4.69) is 5.32 Å². The van der Waals surface area contributed by atoms with Crippen molar-refractivity contribution in [2.24, 2.45) is 0 Å². The maximum atomic E-state index is 12.5. The Morgan fingerprint density at radius 3 is 2.29 bits per heavy atom. The number of rotatable bonds is 7. The minimum Gasteiger partial charge on any atom is -0.481 e. The number of aryl methyl sites for hydroxylation is 2. The van der Waals surface area contributed by atoms with Crippen LogP contribution >= 0.6 is 0 Å². The van der Waals surface area contributed by atoms with E-state index in [0.29, 0.717) is 11.1 Å². The van der Waals surface area contributed by atoms with Crippen molar-refractivity contribution in [1.29, 1.82) is 0 Å². The molecule has 0 bridgehead atoms. The molecule has 1 amide bonds. The third kappa shape index (κ3) is 7.44. The smallest absolute Gasteiger partial charge is 0.407 e. The summed E-state index contributed by atoms with van der Waals surface area (Å²) < 4.78 is 26.6. The summed E-state index contributed by atoms with van der Waals surface area (Å²) in [6, 6.07) is 10.7. The van der Waals surface area contributed by atoms with Crippen LogP contribution in [-0.2, 0) is 20.8 Å². The van der Waals surface area contributed by atoms with Crippen molar-refractivity contribution in [3.8, 4) is 0 Å². The molecule has 2 rings (SSSR count). The molecule has 0 heterocycles. The van der Waals surface area contributed by atoms with E-state index in [1.807, 2.05) is 6.92 Å². The van der Waals surface area contributed by atoms with Gasteiger partial charge in [-0.3, -0.25) is 4.79 Å². The zero-order chi connectivity index (χ0) is 25.0. The molecular formula is C24H29NO6. The number of carbonyl (C=O) groups excluding carboxylic acids is 2. The van der Waals surface area contributed by atoms with Crippen molar-refractivity contribution in [3.05, 3.63) is 70.3 Å². The van der Waals surface area contributed by atoms with Crippen LogP contribution in [0, 0.1) is 13.8 Å². The predicted octanol–water partition coefficient (Wildman–Crippen LogP) is 4.35. The van der Waals surface area contributed by atoms with E-state index in [1.165, 1.54) is 24.3 Å². The number of amides is 1. The fourth-order valence-corrected chi connectivity index (χ4v) is 2.83. The predicted molar refractivity (Wildman–Crippen MR) is 116 cm³/mol. The first kappa shape index (κ1) is 20.9. The highest BCUT2D eigenvalue weighted by molar-refractivity contribution is 5.91. The topological polar surface area (TPSA) is 102 Å². The summed E-state index contributed by atoms with van der Waals surface area (Å²) in [6.45, 7) is 6.07. The van der Waals surface area contributed by atoms with Gasteiger partial charge in [-0.1, -0.05) is 42.0 Å². The Morgan fingerprint density at radius 2 is 1.74 bits per heavy atom. The lowest BCUT2D eigenvalue weighted by atomic mass is 9.98. The summed E-state index contributed by atoms with van der Waals surface area (Å²) in [5.41, 5.74) is 1.59. The van der Waals surface area contributed by atoms with Crippen LogP contribution in [0.25, 0.3) is 0 Å². The molecule has 2 N–H and O–H groups in total. The second kappa shape index (κ2) is 10.1. The molecule has 2 aromatic rings. The lowest BCUT2D eigenvalue weighted by molar-refractivity contribution is -0.138. The van der Waals surface area contributed by atoms with Gasteiger partial charge < -0.3 is 19.9 Å². The molecule has 0 aliphatic carbocycles. The molecule has 0 aliphatic rings. The highest BCUT2D eigenvalue weighted by Gasteiger charge is 2.23. The molecule has 7 nitrogen and oxygen atoms in total. The van der Waals surface area contributed by atoms with Crippen LogP contribution in [0.4, 0.5) is 4.79 Å². The van der Waals surface area contributed by atoms with Crippen LogP contribution in [0.15, 0.2) is 42.5 Å². The normalized spacial score (nSPS) is 13.5. The van der Waals surface area contributed by atoms with Crippen molar-refractivity contribution >= 4 is 18.0 Å². The first-order chi connectivity index (χ1) is 15.2. The summed E-state index contributed by atoms with van der Waals surface area (Å²) in [5.74, 6) is -3.04. The number of carboxylic acids is 1. The van der Waals surface area contributed by atoms with Crippen molar-refractivity contribution in [2.45, 2.75) is 52.7 Å². The number of carbonyl (C=O) groups is 3. The van der Waals surface area contributed by atoms with E-state index in [0.717, 1.165) is 5.56 Å². The molecule has 166 valence electrons. The maximum absolute atomic E-state index is 12.5. The van der Waals surface area contributed by atoms with Crippen LogP contribution in [0.1, 0.15) is 62.0 Å². The van der Waals surface area contributed by atoms with Crippen LogP contribution in [-0.4, -0.2) is 35.3 Å². The van der Waals surface area contributed by atoms with Gasteiger partial charge in [0.1, 0.15) is 12.2 Å². The Labute approximate surface area is 185 Å². The van der Waals surface area contributed by atoms with E-state index in [1.54, 1.807) is 45.9 Å². The second-order valence-corrected chi connectivity index (χ2v) is 8.21. The van der Waals surface area contributed by atoms with Crippen molar-refractivity contribution in [2.75, 3.05) is 6.54 Å². The summed E-state index contributed by atoms with van der Waals surface area (Å²) >= 11 is 0. The second-order valence-electron chi connectivity index (χ2n) is 8.21. The summed E-state index contributed by atoms with van der Waals surface area (Å²) in [4.78, 5) is 36.0. The van der Waals surface area contributed by atoms with Crippen molar-refractivity contribution in [1.82, 2.24) is 5.32 Å². The van der Waals surface area contributed by atoms with Gasteiger partial charge in [0.25, 0.3) is 0 Å². The standard InChI is InChI=1S/C24H29NO6/c1-15-6-11-19(16(2)12-15)22(28)30-14-17-7-9-18(10-8-17)20(21(26)27)13-25-23(29)31-24(3,4)5/h6-12,20H,13-14H2,1-5H3,(H,25,29)(H,26,27)/i14D2. The number of hydrogen-bond donors (Lipinski definition) is 2. The van der Waals surface area contributed by atoms with Crippen LogP contribution < -0.4 is 5.32 Å². The molecule has 0 saturated carbocycles. The fraction of sp³-hybridized carbons (Fsp3) is 0.375. The minimum absolute atomic E-state index is 0.0496. The Kier molecular flexibility index (Phi) is 6.82. The summed E-state index contributed by atoms with van der Waals surface area (Å²) in [5, 5.41) is 12.0. The Balaban J connectivity index is 2.13. The number of aliphatic carboxylic acids is 1. The lowest BCUT2D eigenvalue weighted by Crippen LogP contribution is -2.36. The zero-order valence-electron chi connectivity index (χ0n) is 20.3. The number of benzene rings is 2. The number of alkyl carbamates (subject to hydrolysis) is 1. The number of hydrogen-bond acceptors (Lipinski definition) is 5. The number of nitrogens with one attached hydrogen (secondary N) is 1. The number of ether oxygens (including phenoxy) is 2. The number of carboxylic acid groups (broad SMARTS) is 1. The third-order valence-electron chi connectivity index (χ3n) is 4.32. The van der Waals surface area contributed by atoms with E-state index in [-0.39, 0.29) is 17.7 Å². The lowest BCUT2D eigenvalue weighted by Gasteiger charge is -2.21. The van der Waals surface area contributed by atoms with Crippen LogP contribution in [0.5, 0.6) is 0 Å². The van der Waals surface area contributed by atoms with E-state index >= 15 is 0 Å². The highest BCUT2D eigenvalue weighted by Crippen LogP contribution is 2.18. The van der Waals surface area contributed by atoms with Gasteiger partial charge in [0.05, 0.1) is 14.2 Å². The van der Waals surface area contributed by atoms with Crippen molar-refractivity contribution in [3.63, 3.8) is 0 Å². The molecule has 2 aromatic carbocycles. The summed E-state index contributed by atoms with van der Waals surface area (Å²) in [7, 11) is 0. The molecule has 31 heavy (non-hydrogen) atoms. The molecule has 1 atom stereocenters. The van der Waals surface area contributed by atoms with Gasteiger partial charge in [0.2, 0.25) is 0 Å². The maximum Gasteiger partial charge on any atom is 0.407 e. The number of esters is 1. The molecule has 1 unspecified atom stereocenters. The average molecular weight is 430 g/mol. The highest BCUT2D eigenvalue weighted by atomic mass is 16.6. The quantitative estimate of drug-likeness (QED) is 0.635. The van der Waals surface area contributed by atoms with E-state index in [4.69, 9.17) is 12.2 Å². The molecule has 0 fully saturated rings. The Morgan fingerprint density at radius 1 is 1.10 bits per heavy atom. The minimum atomic E-state index is -2.43. The molecule has 0 aliphatic heterocycles. The molecule has 0 aromatic heterocycles. The first-order valence-corrected chi connectivity index (χ1v) is 9.80. The third-order valence-corrected chi connectivity index (χ3v) is 4.32. The molecular weight excluding hydrogens is 398 g/mol.